The smallest absolute Gasteiger partial charge is 0.346 e. The molecule has 3 heteroatoms. The van der Waals surface area contributed by atoms with E-state index in [4.69, 9.17) is 10.4 Å². The van der Waals surface area contributed by atoms with Crippen LogP contribution in [0.25, 0.3) is 0 Å². The normalized spacial score (nSPS) is 12.8. The van der Waals surface area contributed by atoms with E-state index in [2.05, 4.69) is 6.92 Å². The lowest BCUT2D eigenvalue weighted by Gasteiger charge is -1.97. The van der Waals surface area contributed by atoms with Gasteiger partial charge in [0.1, 0.15) is 11.6 Å². The van der Waals surface area contributed by atoms with Gasteiger partial charge in [0.15, 0.2) is 0 Å². The van der Waals surface area contributed by atoms with Crippen LogP contribution in [0.1, 0.15) is 39.5 Å². The third-order valence-corrected chi connectivity index (χ3v) is 2.28. The highest BCUT2D eigenvalue weighted by atomic mass is 16.4. The molecule has 0 aliphatic heterocycles. The van der Waals surface area contributed by atoms with E-state index in [9.17, 15) is 4.79 Å². The fourth-order valence-electron chi connectivity index (χ4n) is 1.27. The highest BCUT2D eigenvalue weighted by Crippen LogP contribution is 2.08. The number of carbonyl (C=O) groups is 1. The Morgan fingerprint density at radius 2 is 1.94 bits per heavy atom. The average Bonchev–Trinajstić information content (AvgIpc) is 2.29. The van der Waals surface area contributed by atoms with Crippen LogP contribution in [0.4, 0.5) is 0 Å². The first kappa shape index (κ1) is 15.2. The van der Waals surface area contributed by atoms with Gasteiger partial charge in [0.25, 0.3) is 0 Å². The van der Waals surface area contributed by atoms with Gasteiger partial charge in [0.05, 0.1) is 0 Å². The Hall–Kier alpha value is -1.82. The summed E-state index contributed by atoms with van der Waals surface area (Å²) in [5, 5.41) is 17.1. The van der Waals surface area contributed by atoms with Gasteiger partial charge in [-0.25, -0.2) is 4.79 Å². The lowest BCUT2D eigenvalue weighted by Crippen LogP contribution is -1.96. The second kappa shape index (κ2) is 9.41. The van der Waals surface area contributed by atoms with Crippen LogP contribution in [0.3, 0.4) is 0 Å². The van der Waals surface area contributed by atoms with Gasteiger partial charge in [-0.1, -0.05) is 43.6 Å². The van der Waals surface area contributed by atoms with Gasteiger partial charge < -0.3 is 5.11 Å². The minimum absolute atomic E-state index is 0.252. The van der Waals surface area contributed by atoms with Crippen molar-refractivity contribution < 1.29 is 9.90 Å². The second-order valence-electron chi connectivity index (χ2n) is 3.85. The van der Waals surface area contributed by atoms with Crippen molar-refractivity contribution in [2.24, 2.45) is 0 Å². The van der Waals surface area contributed by atoms with Crippen molar-refractivity contribution in [3.05, 3.63) is 35.5 Å². The first-order valence-electron chi connectivity index (χ1n) is 5.79. The molecule has 0 spiro atoms. The maximum Gasteiger partial charge on any atom is 0.346 e. The molecular formula is C14H19NO2. The standard InChI is InChI=1S/C14H19NO2/c1-3-4-5-8-12(2)9-6-7-10-13(11-15)14(16)17/h6-7,9-10H,3-5,8H2,1-2H3,(H,16,17)/b7-6+,12-9-,13-10+. The lowest BCUT2D eigenvalue weighted by molar-refractivity contribution is -0.132. The largest absolute Gasteiger partial charge is 0.477 e. The second-order valence-corrected chi connectivity index (χ2v) is 3.85. The molecule has 0 aliphatic rings. The van der Waals surface area contributed by atoms with Crippen LogP contribution < -0.4 is 0 Å². The molecule has 0 aromatic rings. The minimum atomic E-state index is -1.19. The third kappa shape index (κ3) is 8.04. The molecule has 92 valence electrons. The van der Waals surface area contributed by atoms with E-state index < -0.39 is 5.97 Å². The van der Waals surface area contributed by atoms with E-state index in [0.717, 1.165) is 6.42 Å². The van der Waals surface area contributed by atoms with Gasteiger partial charge in [-0.05, 0) is 25.8 Å². The molecular weight excluding hydrogens is 214 g/mol. The van der Waals surface area contributed by atoms with Crippen molar-refractivity contribution in [3.8, 4) is 6.07 Å². The third-order valence-electron chi connectivity index (χ3n) is 2.28. The van der Waals surface area contributed by atoms with Crippen LogP contribution in [-0.4, -0.2) is 11.1 Å². The highest BCUT2D eigenvalue weighted by molar-refractivity contribution is 5.91. The molecule has 0 amide bonds. The van der Waals surface area contributed by atoms with Crippen LogP contribution >= 0.6 is 0 Å². The lowest BCUT2D eigenvalue weighted by atomic mass is 10.1. The summed E-state index contributed by atoms with van der Waals surface area (Å²) in [6.07, 6.45) is 11.3. The number of rotatable bonds is 7. The summed E-state index contributed by atoms with van der Waals surface area (Å²) in [7, 11) is 0. The number of carboxylic acid groups (broad SMARTS) is 1. The molecule has 0 unspecified atom stereocenters. The maximum absolute atomic E-state index is 10.5. The Kier molecular flexibility index (Phi) is 8.40. The Balaban J connectivity index is 4.22. The average molecular weight is 233 g/mol. The fourth-order valence-corrected chi connectivity index (χ4v) is 1.27. The van der Waals surface area contributed by atoms with Crippen molar-refractivity contribution in [1.29, 1.82) is 5.26 Å². The van der Waals surface area contributed by atoms with Crippen molar-refractivity contribution >= 4 is 5.97 Å². The van der Waals surface area contributed by atoms with E-state index >= 15 is 0 Å². The summed E-state index contributed by atoms with van der Waals surface area (Å²) in [5.41, 5.74) is 1.01. The van der Waals surface area contributed by atoms with Crippen molar-refractivity contribution in [1.82, 2.24) is 0 Å². The van der Waals surface area contributed by atoms with Crippen LogP contribution in [0, 0.1) is 11.3 Å². The SMILES string of the molecule is CCCCC\C(C)=C/C=C/C=C(\C#N)C(=O)O. The number of hydrogen-bond acceptors (Lipinski definition) is 2. The zero-order valence-corrected chi connectivity index (χ0v) is 10.4. The van der Waals surface area contributed by atoms with Gasteiger partial charge in [-0.2, -0.15) is 5.26 Å². The van der Waals surface area contributed by atoms with Crippen molar-refractivity contribution in [2.45, 2.75) is 39.5 Å². The molecule has 0 rings (SSSR count). The zero-order valence-electron chi connectivity index (χ0n) is 10.4. The van der Waals surface area contributed by atoms with E-state index in [-0.39, 0.29) is 5.57 Å². The van der Waals surface area contributed by atoms with Crippen LogP contribution in [-0.2, 0) is 4.79 Å². The summed E-state index contributed by atoms with van der Waals surface area (Å²) in [5.74, 6) is -1.19. The quantitative estimate of drug-likeness (QED) is 0.316. The molecule has 0 saturated heterocycles. The molecule has 0 aromatic heterocycles. The van der Waals surface area contributed by atoms with Gasteiger partial charge >= 0.3 is 5.97 Å². The molecule has 1 N–H and O–H groups in total. The number of nitrogens with zero attached hydrogens (tertiary/aromatic N) is 1. The molecule has 3 nitrogen and oxygen atoms in total. The summed E-state index contributed by atoms with van der Waals surface area (Å²) < 4.78 is 0. The first-order chi connectivity index (χ1) is 8.11. The highest BCUT2D eigenvalue weighted by Gasteiger charge is 2.02. The predicted octanol–water partition coefficient (Wildman–Crippen LogP) is 3.60. The molecule has 0 heterocycles. The molecule has 0 atom stereocenters. The Bertz CT molecular complexity index is 370. The van der Waals surface area contributed by atoms with Crippen molar-refractivity contribution in [3.63, 3.8) is 0 Å². The number of nitriles is 1. The summed E-state index contributed by atoms with van der Waals surface area (Å²) in [6, 6.07) is 1.62. The monoisotopic (exact) mass is 233 g/mol. The predicted molar refractivity (Wildman–Crippen MR) is 68.4 cm³/mol. The number of aliphatic carboxylic acids is 1. The van der Waals surface area contributed by atoms with Gasteiger partial charge in [0, 0.05) is 0 Å². The topological polar surface area (TPSA) is 61.1 Å². The number of carboxylic acids is 1. The maximum atomic E-state index is 10.5. The molecule has 0 aliphatic carbocycles. The molecule has 0 fully saturated rings. The molecule has 0 bridgehead atoms. The van der Waals surface area contributed by atoms with Crippen LogP contribution in [0.2, 0.25) is 0 Å². The van der Waals surface area contributed by atoms with E-state index in [1.807, 2.05) is 13.0 Å². The van der Waals surface area contributed by atoms with Gasteiger partial charge in [-0.15, -0.1) is 0 Å². The van der Waals surface area contributed by atoms with E-state index in [0.29, 0.717) is 0 Å². The first-order valence-corrected chi connectivity index (χ1v) is 5.79. The Labute approximate surface area is 103 Å². The molecule has 17 heavy (non-hydrogen) atoms. The zero-order chi connectivity index (χ0) is 13.1. The number of unbranched alkanes of at least 4 members (excludes halogenated alkanes) is 2. The number of allylic oxidation sites excluding steroid dienone is 5. The van der Waals surface area contributed by atoms with E-state index in [1.165, 1.54) is 30.9 Å². The summed E-state index contributed by atoms with van der Waals surface area (Å²) >= 11 is 0. The van der Waals surface area contributed by atoms with Crippen LogP contribution in [0.15, 0.2) is 35.5 Å². The molecule has 0 saturated carbocycles. The molecule has 0 aromatic carbocycles. The molecule has 0 radical (unpaired) electrons. The van der Waals surface area contributed by atoms with Crippen molar-refractivity contribution in [2.75, 3.05) is 0 Å². The van der Waals surface area contributed by atoms with Gasteiger partial charge in [-0.3, -0.25) is 0 Å². The fraction of sp³-hybridized carbons (Fsp3) is 0.429. The Morgan fingerprint density at radius 3 is 2.47 bits per heavy atom. The number of hydrogen-bond donors (Lipinski definition) is 1. The minimum Gasteiger partial charge on any atom is -0.477 e. The van der Waals surface area contributed by atoms with Gasteiger partial charge in [0.2, 0.25) is 0 Å². The van der Waals surface area contributed by atoms with E-state index in [1.54, 1.807) is 18.2 Å². The summed E-state index contributed by atoms with van der Waals surface area (Å²) in [4.78, 5) is 10.5. The summed E-state index contributed by atoms with van der Waals surface area (Å²) in [6.45, 7) is 4.21. The van der Waals surface area contributed by atoms with Crippen LogP contribution in [0.5, 0.6) is 0 Å². The Morgan fingerprint density at radius 1 is 1.29 bits per heavy atom.